The lowest BCUT2D eigenvalue weighted by molar-refractivity contribution is -0.141. The lowest BCUT2D eigenvalue weighted by Crippen LogP contribution is -2.38. The summed E-state index contributed by atoms with van der Waals surface area (Å²) in [5, 5.41) is 6.01. The zero-order chi connectivity index (χ0) is 18.9. The van der Waals surface area contributed by atoms with Gasteiger partial charge in [-0.2, -0.15) is 18.3 Å². The molecule has 140 valence electrons. The van der Waals surface area contributed by atoms with Crippen LogP contribution in [0.25, 0.3) is 0 Å². The van der Waals surface area contributed by atoms with E-state index in [1.165, 1.54) is 14.0 Å². The number of morpholine rings is 1. The Hall–Kier alpha value is -2.62. The van der Waals surface area contributed by atoms with Gasteiger partial charge in [0.05, 0.1) is 18.8 Å². The third-order valence-electron chi connectivity index (χ3n) is 4.13. The average Bonchev–Trinajstić information content (AvgIpc) is 2.91. The first-order valence-electron chi connectivity index (χ1n) is 7.99. The monoisotopic (exact) mass is 369 g/mol. The van der Waals surface area contributed by atoms with Crippen molar-refractivity contribution in [1.82, 2.24) is 14.8 Å². The molecule has 0 saturated carbocycles. The number of aromatic nitrogens is 3. The molecule has 0 bridgehead atoms. The topological polar surface area (TPSA) is 72.3 Å². The van der Waals surface area contributed by atoms with Crippen LogP contribution in [0, 0.1) is 6.92 Å². The lowest BCUT2D eigenvalue weighted by Gasteiger charge is -2.29. The second-order valence-corrected chi connectivity index (χ2v) is 5.87. The second-order valence-electron chi connectivity index (χ2n) is 5.87. The molecule has 0 aromatic carbocycles. The molecular weight excluding hydrogens is 351 g/mol. The highest BCUT2D eigenvalue weighted by Gasteiger charge is 2.37. The van der Waals surface area contributed by atoms with E-state index >= 15 is 0 Å². The molecule has 10 heteroatoms. The number of alkyl halides is 3. The molecule has 0 atom stereocenters. The molecule has 0 aliphatic carbocycles. The van der Waals surface area contributed by atoms with Gasteiger partial charge in [-0.05, 0) is 19.1 Å². The van der Waals surface area contributed by atoms with Crippen LogP contribution in [0.4, 0.5) is 24.8 Å². The van der Waals surface area contributed by atoms with E-state index in [1.54, 1.807) is 18.3 Å². The minimum Gasteiger partial charge on any atom is -0.378 e. The smallest absolute Gasteiger partial charge is 0.378 e. The molecule has 3 rings (SSSR count). The van der Waals surface area contributed by atoms with Crippen molar-refractivity contribution in [2.45, 2.75) is 13.1 Å². The van der Waals surface area contributed by atoms with Crippen LogP contribution in [-0.2, 0) is 18.0 Å². The Balaban J connectivity index is 1.89. The standard InChI is InChI=1S/C16H18F3N5O2/c1-10-12(16(17,18)19)22-23(2)13(10)21-15(25)11-4-3-5-20-14(11)24-6-8-26-9-7-24/h3-5H,6-9H2,1-2H3,(H,21,25). The highest BCUT2D eigenvalue weighted by Crippen LogP contribution is 2.34. The van der Waals surface area contributed by atoms with Crippen molar-refractivity contribution < 1.29 is 22.7 Å². The molecule has 2 aromatic heterocycles. The highest BCUT2D eigenvalue weighted by atomic mass is 19.4. The number of aryl methyl sites for hydroxylation is 1. The first-order valence-corrected chi connectivity index (χ1v) is 7.99. The van der Waals surface area contributed by atoms with E-state index in [9.17, 15) is 18.0 Å². The van der Waals surface area contributed by atoms with E-state index in [0.717, 1.165) is 4.68 Å². The summed E-state index contributed by atoms with van der Waals surface area (Å²) in [5.41, 5.74) is -0.872. The Morgan fingerprint density at radius 3 is 2.62 bits per heavy atom. The van der Waals surface area contributed by atoms with Gasteiger partial charge in [0.15, 0.2) is 5.69 Å². The van der Waals surface area contributed by atoms with Crippen LogP contribution in [-0.4, -0.2) is 47.0 Å². The van der Waals surface area contributed by atoms with Crippen molar-refractivity contribution in [3.05, 3.63) is 35.2 Å². The number of carbonyl (C=O) groups is 1. The number of anilines is 2. The third kappa shape index (κ3) is 3.50. The summed E-state index contributed by atoms with van der Waals surface area (Å²) < 4.78 is 45.3. The second kappa shape index (κ2) is 6.94. The maximum Gasteiger partial charge on any atom is 0.435 e. The number of halogens is 3. The Kier molecular flexibility index (Phi) is 4.86. The molecule has 1 aliphatic rings. The number of nitrogens with zero attached hydrogens (tertiary/aromatic N) is 4. The Morgan fingerprint density at radius 2 is 2.00 bits per heavy atom. The van der Waals surface area contributed by atoms with Crippen molar-refractivity contribution in [3.8, 4) is 0 Å². The largest absolute Gasteiger partial charge is 0.435 e. The van der Waals surface area contributed by atoms with E-state index in [0.29, 0.717) is 32.1 Å². The predicted octanol–water partition coefficient (Wildman–Crippen LogP) is 2.23. The number of hydrogen-bond donors (Lipinski definition) is 1. The van der Waals surface area contributed by atoms with Crippen LogP contribution < -0.4 is 10.2 Å². The van der Waals surface area contributed by atoms with Gasteiger partial charge >= 0.3 is 6.18 Å². The Morgan fingerprint density at radius 1 is 1.31 bits per heavy atom. The first-order chi connectivity index (χ1) is 12.3. The fourth-order valence-corrected chi connectivity index (χ4v) is 2.85. The van der Waals surface area contributed by atoms with Gasteiger partial charge < -0.3 is 15.0 Å². The van der Waals surface area contributed by atoms with Crippen molar-refractivity contribution in [3.63, 3.8) is 0 Å². The number of rotatable bonds is 3. The third-order valence-corrected chi connectivity index (χ3v) is 4.13. The molecule has 1 N–H and O–H groups in total. The van der Waals surface area contributed by atoms with E-state index in [2.05, 4.69) is 15.4 Å². The summed E-state index contributed by atoms with van der Waals surface area (Å²) in [6.07, 6.45) is -3.02. The van der Waals surface area contributed by atoms with Gasteiger partial charge in [-0.15, -0.1) is 0 Å². The number of amides is 1. The van der Waals surface area contributed by atoms with Crippen molar-refractivity contribution in [2.24, 2.45) is 7.05 Å². The van der Waals surface area contributed by atoms with E-state index < -0.39 is 17.8 Å². The fourth-order valence-electron chi connectivity index (χ4n) is 2.85. The Bertz CT molecular complexity index is 813. The maximum atomic E-state index is 13.0. The highest BCUT2D eigenvalue weighted by molar-refractivity contribution is 6.07. The van der Waals surface area contributed by atoms with Gasteiger partial charge in [0.2, 0.25) is 0 Å². The fraction of sp³-hybridized carbons (Fsp3) is 0.438. The molecule has 1 saturated heterocycles. The minimum absolute atomic E-state index is 0.000828. The van der Waals surface area contributed by atoms with Crippen LogP contribution in [0.2, 0.25) is 0 Å². The lowest BCUT2D eigenvalue weighted by atomic mass is 10.2. The molecule has 0 unspecified atom stereocenters. The SMILES string of the molecule is Cc1c(C(F)(F)F)nn(C)c1NC(=O)c1cccnc1N1CCOCC1. The van der Waals surface area contributed by atoms with Gasteiger partial charge in [0, 0.05) is 31.9 Å². The van der Waals surface area contributed by atoms with Gasteiger partial charge in [0.1, 0.15) is 11.6 Å². The number of pyridine rings is 1. The molecule has 3 heterocycles. The zero-order valence-electron chi connectivity index (χ0n) is 14.3. The summed E-state index contributed by atoms with van der Waals surface area (Å²) in [7, 11) is 1.35. The molecule has 2 aromatic rings. The number of ether oxygens (including phenoxy) is 1. The first kappa shape index (κ1) is 18.2. The number of nitrogens with one attached hydrogen (secondary N) is 1. The quantitative estimate of drug-likeness (QED) is 0.898. The zero-order valence-corrected chi connectivity index (χ0v) is 14.3. The van der Waals surface area contributed by atoms with E-state index in [-0.39, 0.29) is 16.9 Å². The maximum absolute atomic E-state index is 13.0. The van der Waals surface area contributed by atoms with Gasteiger partial charge in [-0.3, -0.25) is 9.48 Å². The van der Waals surface area contributed by atoms with Gasteiger partial charge in [-0.25, -0.2) is 4.98 Å². The molecule has 1 fully saturated rings. The summed E-state index contributed by atoms with van der Waals surface area (Å²) in [5.74, 6) is -0.0670. The van der Waals surface area contributed by atoms with Crippen molar-refractivity contribution in [2.75, 3.05) is 36.5 Å². The van der Waals surface area contributed by atoms with E-state index in [1.807, 2.05) is 4.90 Å². The molecule has 1 amide bonds. The van der Waals surface area contributed by atoms with Crippen molar-refractivity contribution in [1.29, 1.82) is 0 Å². The van der Waals surface area contributed by atoms with Gasteiger partial charge in [0.25, 0.3) is 5.91 Å². The summed E-state index contributed by atoms with van der Waals surface area (Å²) in [6.45, 7) is 3.49. The number of hydrogen-bond acceptors (Lipinski definition) is 5. The molecule has 0 radical (unpaired) electrons. The Labute approximate surface area is 147 Å². The van der Waals surface area contributed by atoms with Crippen LogP contribution >= 0.6 is 0 Å². The van der Waals surface area contributed by atoms with Crippen LogP contribution in [0.1, 0.15) is 21.6 Å². The summed E-state index contributed by atoms with van der Waals surface area (Å²) >= 11 is 0. The van der Waals surface area contributed by atoms with Crippen LogP contribution in [0.5, 0.6) is 0 Å². The van der Waals surface area contributed by atoms with Crippen molar-refractivity contribution >= 4 is 17.5 Å². The van der Waals surface area contributed by atoms with Crippen LogP contribution in [0.3, 0.4) is 0 Å². The summed E-state index contributed by atoms with van der Waals surface area (Å²) in [6, 6.07) is 3.19. The number of carbonyl (C=O) groups excluding carboxylic acids is 1. The molecule has 26 heavy (non-hydrogen) atoms. The van der Waals surface area contributed by atoms with Gasteiger partial charge in [-0.1, -0.05) is 0 Å². The molecule has 0 spiro atoms. The normalized spacial score (nSPS) is 15.2. The predicted molar refractivity (Wildman–Crippen MR) is 88.2 cm³/mol. The summed E-state index contributed by atoms with van der Waals surface area (Å²) in [4.78, 5) is 18.9. The minimum atomic E-state index is -4.59. The van der Waals surface area contributed by atoms with E-state index in [4.69, 9.17) is 4.74 Å². The average molecular weight is 369 g/mol. The molecule has 1 aliphatic heterocycles. The molecular formula is C16H18F3N5O2. The van der Waals surface area contributed by atoms with Crippen LogP contribution in [0.15, 0.2) is 18.3 Å². The molecule has 7 nitrogen and oxygen atoms in total.